The van der Waals surface area contributed by atoms with Crippen LogP contribution in [0.1, 0.15) is 34.3 Å². The van der Waals surface area contributed by atoms with Crippen LogP contribution in [-0.4, -0.2) is 34.8 Å². The van der Waals surface area contributed by atoms with E-state index in [0.29, 0.717) is 12.1 Å². The van der Waals surface area contributed by atoms with E-state index in [1.807, 2.05) is 6.07 Å². The number of halogens is 4. The Labute approximate surface area is 182 Å². The number of alkyl halides is 3. The molecule has 160 valence electrons. The van der Waals surface area contributed by atoms with Crippen LogP contribution in [-0.2, 0) is 16.4 Å². The fourth-order valence-electron chi connectivity index (χ4n) is 4.03. The van der Waals surface area contributed by atoms with Gasteiger partial charge in [0.05, 0.1) is 5.56 Å². The number of aromatic nitrogens is 1. The second kappa shape index (κ2) is 6.81. The second-order valence-electron chi connectivity index (χ2n) is 7.88. The van der Waals surface area contributed by atoms with Crippen molar-refractivity contribution < 1.29 is 27.2 Å². The van der Waals surface area contributed by atoms with Gasteiger partial charge in [0.1, 0.15) is 12.1 Å². The number of benzene rings is 2. The van der Waals surface area contributed by atoms with Crippen molar-refractivity contribution in [2.75, 3.05) is 18.4 Å². The lowest BCUT2D eigenvalue weighted by Gasteiger charge is -2.34. The maximum atomic E-state index is 12.9. The average molecular weight is 494 g/mol. The van der Waals surface area contributed by atoms with Crippen molar-refractivity contribution >= 4 is 44.9 Å². The van der Waals surface area contributed by atoms with E-state index in [1.165, 1.54) is 4.90 Å². The van der Waals surface area contributed by atoms with Crippen LogP contribution in [0.15, 0.2) is 45.3 Å². The van der Waals surface area contributed by atoms with Crippen molar-refractivity contribution in [3.05, 3.63) is 57.6 Å². The van der Waals surface area contributed by atoms with Crippen molar-refractivity contribution in [3.63, 3.8) is 0 Å². The molecule has 1 saturated carbocycles. The number of hydrogen-bond acceptors (Lipinski definition) is 4. The summed E-state index contributed by atoms with van der Waals surface area (Å²) in [6.45, 7) is 0.230. The monoisotopic (exact) mass is 493 g/mol. The Kier molecular flexibility index (Phi) is 4.40. The van der Waals surface area contributed by atoms with E-state index in [9.17, 15) is 22.8 Å². The van der Waals surface area contributed by atoms with Gasteiger partial charge in [-0.05, 0) is 54.8 Å². The first-order valence-corrected chi connectivity index (χ1v) is 10.3. The molecule has 0 bridgehead atoms. The van der Waals surface area contributed by atoms with Crippen LogP contribution in [0.2, 0.25) is 0 Å². The SMILES string of the molecule is O=C(CN1CC2(CC2)c2cc(Br)ccc2C1=O)Nc1nc2cc(C(F)(F)F)ccc2o1. The molecule has 6 nitrogen and oxygen atoms in total. The minimum absolute atomic E-state index is 0.0180. The Bertz CT molecular complexity index is 1230. The van der Waals surface area contributed by atoms with Gasteiger partial charge in [-0.1, -0.05) is 15.9 Å². The molecule has 0 saturated heterocycles. The molecule has 1 N–H and O–H groups in total. The molecule has 2 aromatic carbocycles. The molecule has 0 atom stereocenters. The van der Waals surface area contributed by atoms with E-state index in [0.717, 1.165) is 41.1 Å². The Balaban J connectivity index is 1.33. The maximum Gasteiger partial charge on any atom is 0.416 e. The molecule has 5 rings (SSSR count). The lowest BCUT2D eigenvalue weighted by Crippen LogP contribution is -2.46. The highest BCUT2D eigenvalue weighted by Gasteiger charge is 2.51. The van der Waals surface area contributed by atoms with Gasteiger partial charge in [-0.2, -0.15) is 18.2 Å². The summed E-state index contributed by atoms with van der Waals surface area (Å²) in [5.41, 5.74) is 0.706. The van der Waals surface area contributed by atoms with E-state index < -0.39 is 17.6 Å². The minimum atomic E-state index is -4.50. The first kappa shape index (κ1) is 20.0. The second-order valence-corrected chi connectivity index (χ2v) is 8.79. The van der Waals surface area contributed by atoms with Crippen LogP contribution in [0.25, 0.3) is 11.1 Å². The van der Waals surface area contributed by atoms with Crippen molar-refractivity contribution in [3.8, 4) is 0 Å². The van der Waals surface area contributed by atoms with Crippen LogP contribution < -0.4 is 5.32 Å². The predicted molar refractivity (Wildman–Crippen MR) is 109 cm³/mol. The zero-order chi connectivity index (χ0) is 22.0. The predicted octanol–water partition coefficient (Wildman–Crippen LogP) is 4.74. The summed E-state index contributed by atoms with van der Waals surface area (Å²) in [5, 5.41) is 2.44. The van der Waals surface area contributed by atoms with Crippen LogP contribution in [0.4, 0.5) is 19.2 Å². The quantitative estimate of drug-likeness (QED) is 0.571. The summed E-state index contributed by atoms with van der Waals surface area (Å²) in [4.78, 5) is 30.8. The van der Waals surface area contributed by atoms with Crippen molar-refractivity contribution in [1.29, 1.82) is 0 Å². The van der Waals surface area contributed by atoms with E-state index >= 15 is 0 Å². The van der Waals surface area contributed by atoms with E-state index in [4.69, 9.17) is 4.42 Å². The van der Waals surface area contributed by atoms with Gasteiger partial charge in [0.15, 0.2) is 5.58 Å². The molecule has 0 unspecified atom stereocenters. The number of hydrogen-bond donors (Lipinski definition) is 1. The molecule has 1 spiro atoms. The molecule has 1 fully saturated rings. The summed E-state index contributed by atoms with van der Waals surface area (Å²) in [6.07, 6.45) is -2.63. The molecule has 2 amide bonds. The third-order valence-electron chi connectivity index (χ3n) is 5.71. The number of carbonyl (C=O) groups excluding carboxylic acids is 2. The van der Waals surface area contributed by atoms with Gasteiger partial charge in [-0.3, -0.25) is 14.9 Å². The standard InChI is InChI=1S/C21H15BrF3N3O3/c22-12-2-3-13-14(8-12)20(5-6-20)10-28(18(13)30)9-17(29)27-19-26-15-7-11(21(23,24)25)1-4-16(15)31-19/h1-4,7-8H,5-6,9-10H2,(H,26,27,29). The molecular formula is C21H15BrF3N3O3. The summed E-state index contributed by atoms with van der Waals surface area (Å²) in [7, 11) is 0. The van der Waals surface area contributed by atoms with Crippen LogP contribution >= 0.6 is 15.9 Å². The number of amides is 2. The normalized spacial score (nSPS) is 17.2. The van der Waals surface area contributed by atoms with Gasteiger partial charge >= 0.3 is 12.2 Å². The molecular weight excluding hydrogens is 479 g/mol. The van der Waals surface area contributed by atoms with E-state index in [1.54, 1.807) is 12.1 Å². The van der Waals surface area contributed by atoms with Gasteiger partial charge in [-0.15, -0.1) is 0 Å². The van der Waals surface area contributed by atoms with E-state index in [-0.39, 0.29) is 35.0 Å². The first-order valence-electron chi connectivity index (χ1n) is 9.52. The third-order valence-corrected chi connectivity index (χ3v) is 6.21. The Morgan fingerprint density at radius 3 is 2.71 bits per heavy atom. The average Bonchev–Trinajstić information content (AvgIpc) is 3.35. The largest absolute Gasteiger partial charge is 0.423 e. The summed E-state index contributed by atoms with van der Waals surface area (Å²) >= 11 is 3.44. The molecule has 1 aliphatic heterocycles. The van der Waals surface area contributed by atoms with Gasteiger partial charge in [0.25, 0.3) is 5.91 Å². The zero-order valence-electron chi connectivity index (χ0n) is 15.9. The third kappa shape index (κ3) is 3.58. The Morgan fingerprint density at radius 1 is 1.23 bits per heavy atom. The maximum absolute atomic E-state index is 12.9. The molecule has 10 heteroatoms. The Morgan fingerprint density at radius 2 is 2.00 bits per heavy atom. The number of rotatable bonds is 3. The highest BCUT2D eigenvalue weighted by Crippen LogP contribution is 2.52. The van der Waals surface area contributed by atoms with Gasteiger partial charge in [0.2, 0.25) is 5.91 Å². The number of nitrogens with one attached hydrogen (secondary N) is 1. The van der Waals surface area contributed by atoms with Crippen LogP contribution in [0.5, 0.6) is 0 Å². The molecule has 31 heavy (non-hydrogen) atoms. The number of nitrogens with zero attached hydrogens (tertiary/aromatic N) is 2. The lowest BCUT2D eigenvalue weighted by molar-refractivity contribution is -0.137. The minimum Gasteiger partial charge on any atom is -0.423 e. The highest BCUT2D eigenvalue weighted by molar-refractivity contribution is 9.10. The van der Waals surface area contributed by atoms with Crippen molar-refractivity contribution in [2.24, 2.45) is 0 Å². The van der Waals surface area contributed by atoms with Crippen LogP contribution in [0, 0.1) is 0 Å². The summed E-state index contributed by atoms with van der Waals surface area (Å²) < 4.78 is 44.8. The summed E-state index contributed by atoms with van der Waals surface area (Å²) in [5.74, 6) is -0.769. The fraction of sp³-hybridized carbons (Fsp3) is 0.286. The topological polar surface area (TPSA) is 75.4 Å². The molecule has 1 aliphatic carbocycles. The van der Waals surface area contributed by atoms with Gasteiger partial charge in [0, 0.05) is 22.0 Å². The molecule has 0 radical (unpaired) electrons. The first-order chi connectivity index (χ1) is 14.6. The lowest BCUT2D eigenvalue weighted by atomic mass is 9.86. The number of fused-ring (bicyclic) bond motifs is 3. The smallest absolute Gasteiger partial charge is 0.416 e. The van der Waals surface area contributed by atoms with Gasteiger partial charge < -0.3 is 9.32 Å². The van der Waals surface area contributed by atoms with Gasteiger partial charge in [-0.25, -0.2) is 0 Å². The molecule has 3 aromatic rings. The fourth-order valence-corrected chi connectivity index (χ4v) is 4.39. The number of anilines is 1. The van der Waals surface area contributed by atoms with E-state index in [2.05, 4.69) is 26.2 Å². The molecule has 2 heterocycles. The Hall–Kier alpha value is -2.88. The van der Waals surface area contributed by atoms with Crippen LogP contribution in [0.3, 0.4) is 0 Å². The highest BCUT2D eigenvalue weighted by atomic mass is 79.9. The van der Waals surface area contributed by atoms with Crippen molar-refractivity contribution in [2.45, 2.75) is 24.4 Å². The number of oxazole rings is 1. The zero-order valence-corrected chi connectivity index (χ0v) is 17.5. The molecule has 2 aliphatic rings. The summed E-state index contributed by atoms with van der Waals surface area (Å²) in [6, 6.07) is 8.19. The number of carbonyl (C=O) groups is 2. The molecule has 1 aromatic heterocycles. The van der Waals surface area contributed by atoms with Crippen molar-refractivity contribution in [1.82, 2.24) is 9.88 Å².